The third kappa shape index (κ3) is 5.79. The minimum atomic E-state index is -4.56. The molecule has 1 aromatic heterocycles. The van der Waals surface area contributed by atoms with E-state index in [1.165, 1.54) is 12.1 Å². The molecule has 3 N–H and O–H groups in total. The van der Waals surface area contributed by atoms with Gasteiger partial charge in [0.25, 0.3) is 5.91 Å². The summed E-state index contributed by atoms with van der Waals surface area (Å²) >= 11 is 0. The lowest BCUT2D eigenvalue weighted by Gasteiger charge is -2.41. The molecule has 3 aliphatic heterocycles. The van der Waals surface area contributed by atoms with Gasteiger partial charge < -0.3 is 20.6 Å². The van der Waals surface area contributed by atoms with Crippen molar-refractivity contribution in [2.24, 2.45) is 0 Å². The number of rotatable bonds is 6. The number of pyridine rings is 1. The van der Waals surface area contributed by atoms with Gasteiger partial charge in [0.05, 0.1) is 29.7 Å². The molecule has 4 heterocycles. The Labute approximate surface area is 247 Å². The van der Waals surface area contributed by atoms with E-state index < -0.39 is 23.2 Å². The fraction of sp³-hybridized carbons (Fsp3) is 0.533. The molecule has 3 saturated heterocycles. The van der Waals surface area contributed by atoms with E-state index in [4.69, 9.17) is 0 Å². The number of nitrogens with one attached hydrogen (secondary N) is 2. The van der Waals surface area contributed by atoms with Crippen LogP contribution >= 0.6 is 0 Å². The zero-order chi connectivity index (χ0) is 30.4. The molecule has 6 rings (SSSR count). The molecule has 1 aromatic carbocycles. The number of aromatic nitrogens is 1. The van der Waals surface area contributed by atoms with E-state index >= 15 is 0 Å². The molecule has 0 radical (unpaired) electrons. The average Bonchev–Trinajstić information content (AvgIpc) is 3.73. The number of amides is 4. The Bertz CT molecular complexity index is 1380. The van der Waals surface area contributed by atoms with Gasteiger partial charge in [-0.05, 0) is 68.9 Å². The van der Waals surface area contributed by atoms with Gasteiger partial charge in [-0.3, -0.25) is 24.4 Å². The van der Waals surface area contributed by atoms with E-state index in [-0.39, 0.29) is 42.2 Å². The Hall–Kier alpha value is -3.71. The highest BCUT2D eigenvalue weighted by molar-refractivity contribution is 5.96. The molecule has 2 aromatic rings. The van der Waals surface area contributed by atoms with Gasteiger partial charge in [0.2, 0.25) is 5.91 Å². The van der Waals surface area contributed by atoms with Gasteiger partial charge in [0.15, 0.2) is 0 Å². The van der Waals surface area contributed by atoms with Crippen LogP contribution in [0.5, 0.6) is 0 Å². The minimum Gasteiger partial charge on any atom is -0.384 e. The molecule has 230 valence electrons. The van der Waals surface area contributed by atoms with Crippen molar-refractivity contribution in [1.82, 2.24) is 25.4 Å². The second kappa shape index (κ2) is 11.4. The van der Waals surface area contributed by atoms with Crippen molar-refractivity contribution in [2.75, 3.05) is 37.6 Å². The summed E-state index contributed by atoms with van der Waals surface area (Å²) in [5, 5.41) is 16.7. The second-order valence-corrected chi connectivity index (χ2v) is 11.8. The van der Waals surface area contributed by atoms with E-state index in [1.54, 1.807) is 22.1 Å². The number of urea groups is 1. The molecule has 0 unspecified atom stereocenters. The Balaban J connectivity index is 1.01. The number of anilines is 1. The van der Waals surface area contributed by atoms with Crippen LogP contribution in [0.2, 0.25) is 0 Å². The molecule has 0 spiro atoms. The van der Waals surface area contributed by atoms with Crippen LogP contribution in [0.4, 0.5) is 23.7 Å². The number of benzene rings is 1. The molecule has 1 aliphatic carbocycles. The van der Waals surface area contributed by atoms with Crippen LogP contribution in [-0.4, -0.2) is 88.6 Å². The maximum absolute atomic E-state index is 13.0. The van der Waals surface area contributed by atoms with Crippen LogP contribution < -0.4 is 15.5 Å². The van der Waals surface area contributed by atoms with Gasteiger partial charge in [0, 0.05) is 49.9 Å². The van der Waals surface area contributed by atoms with E-state index in [9.17, 15) is 32.7 Å². The Kier molecular flexibility index (Phi) is 7.80. The maximum Gasteiger partial charge on any atom is 0.416 e. The molecule has 1 saturated carbocycles. The number of aliphatic hydroxyl groups is 1. The number of hydrogen-bond acceptors (Lipinski definition) is 6. The summed E-state index contributed by atoms with van der Waals surface area (Å²) < 4.78 is 39.0. The Morgan fingerprint density at radius 3 is 2.49 bits per heavy atom. The highest BCUT2D eigenvalue weighted by atomic mass is 19.4. The number of carbonyl (C=O) groups is 3. The van der Waals surface area contributed by atoms with Crippen molar-refractivity contribution in [3.05, 3.63) is 59.4 Å². The molecule has 10 nitrogen and oxygen atoms in total. The summed E-state index contributed by atoms with van der Waals surface area (Å²) in [6, 6.07) is 8.13. The monoisotopic (exact) mass is 600 g/mol. The van der Waals surface area contributed by atoms with E-state index in [0.29, 0.717) is 43.9 Å². The summed E-state index contributed by atoms with van der Waals surface area (Å²) in [5.74, 6) is -0.961. The summed E-state index contributed by atoms with van der Waals surface area (Å²) in [4.78, 5) is 47.9. The third-order valence-corrected chi connectivity index (χ3v) is 9.44. The summed E-state index contributed by atoms with van der Waals surface area (Å²) in [6.07, 6.45) is 1.41. The predicted octanol–water partition coefficient (Wildman–Crippen LogP) is 2.87. The molecular weight excluding hydrogens is 565 g/mol. The fourth-order valence-corrected chi connectivity index (χ4v) is 7.19. The first-order chi connectivity index (χ1) is 20.5. The number of carbonyl (C=O) groups excluding carboxylic acids is 3. The highest BCUT2D eigenvalue weighted by Crippen LogP contribution is 2.42. The SMILES string of the molecule is O=C(NCC(=O)N1CC[C@H]2[C@@H]1CCN2[C@H]1CC[C@@](O)(c2ccc(N3CCNC3=O)cn2)CC1)c1cccc(C(F)(F)F)c1. The van der Waals surface area contributed by atoms with E-state index in [1.807, 2.05) is 6.07 Å². The molecule has 43 heavy (non-hydrogen) atoms. The van der Waals surface area contributed by atoms with Gasteiger partial charge in [-0.2, -0.15) is 13.2 Å². The summed E-state index contributed by atoms with van der Waals surface area (Å²) in [6.45, 7) is 2.30. The average molecular weight is 601 g/mol. The van der Waals surface area contributed by atoms with Gasteiger partial charge in [-0.15, -0.1) is 0 Å². The highest BCUT2D eigenvalue weighted by Gasteiger charge is 2.48. The molecule has 13 heteroatoms. The molecule has 4 amide bonds. The molecule has 4 fully saturated rings. The van der Waals surface area contributed by atoms with Crippen molar-refractivity contribution in [3.63, 3.8) is 0 Å². The summed E-state index contributed by atoms with van der Waals surface area (Å²) in [5.41, 5.74) is -0.774. The van der Waals surface area contributed by atoms with Crippen molar-refractivity contribution >= 4 is 23.5 Å². The summed E-state index contributed by atoms with van der Waals surface area (Å²) in [7, 11) is 0. The van der Waals surface area contributed by atoms with Crippen LogP contribution in [0.15, 0.2) is 42.6 Å². The van der Waals surface area contributed by atoms with Crippen LogP contribution in [-0.2, 0) is 16.6 Å². The number of hydrogen-bond donors (Lipinski definition) is 3. The van der Waals surface area contributed by atoms with Gasteiger partial charge in [-0.25, -0.2) is 4.79 Å². The van der Waals surface area contributed by atoms with Crippen LogP contribution in [0.3, 0.4) is 0 Å². The molecule has 2 atom stereocenters. The number of likely N-dealkylation sites (tertiary alicyclic amines) is 2. The molecule has 4 aliphatic rings. The van der Waals surface area contributed by atoms with Gasteiger partial charge >= 0.3 is 12.2 Å². The van der Waals surface area contributed by atoms with Crippen LogP contribution in [0.1, 0.15) is 60.1 Å². The Morgan fingerprint density at radius 1 is 1.05 bits per heavy atom. The standard InChI is InChI=1S/C30H35F3N6O4/c31-30(32,33)20-3-1-2-19(16-20)27(41)36-18-26(40)39-14-9-23-24(39)8-13-37(23)21-6-10-29(43,11-7-21)25-5-4-22(17-35-25)38-15-12-34-28(38)42/h1-5,16-17,21,23-24,43H,6-15,18H2,(H,34,42)(H,36,41)/t21-,23-,24-,29-/m0/s1. The lowest BCUT2D eigenvalue weighted by molar-refractivity contribution is -0.137. The number of nitrogens with zero attached hydrogens (tertiary/aromatic N) is 4. The van der Waals surface area contributed by atoms with Crippen LogP contribution in [0, 0.1) is 0 Å². The Morgan fingerprint density at radius 2 is 1.81 bits per heavy atom. The first-order valence-electron chi connectivity index (χ1n) is 14.8. The minimum absolute atomic E-state index is 0.0239. The number of halogens is 3. The first kappa shape index (κ1) is 29.4. The molecular formula is C30H35F3N6O4. The largest absolute Gasteiger partial charge is 0.416 e. The lowest BCUT2D eigenvalue weighted by atomic mass is 9.79. The van der Waals surface area contributed by atoms with E-state index in [0.717, 1.165) is 44.4 Å². The lowest BCUT2D eigenvalue weighted by Crippen LogP contribution is -2.47. The van der Waals surface area contributed by atoms with Crippen molar-refractivity contribution < 1.29 is 32.7 Å². The van der Waals surface area contributed by atoms with Crippen molar-refractivity contribution in [3.8, 4) is 0 Å². The van der Waals surface area contributed by atoms with Crippen LogP contribution in [0.25, 0.3) is 0 Å². The smallest absolute Gasteiger partial charge is 0.384 e. The zero-order valence-electron chi connectivity index (χ0n) is 23.6. The van der Waals surface area contributed by atoms with Gasteiger partial charge in [-0.1, -0.05) is 6.07 Å². The topological polar surface area (TPSA) is 118 Å². The molecule has 0 bridgehead atoms. The van der Waals surface area contributed by atoms with Crippen molar-refractivity contribution in [1.29, 1.82) is 0 Å². The first-order valence-corrected chi connectivity index (χ1v) is 14.8. The quantitative estimate of drug-likeness (QED) is 0.470. The number of fused-ring (bicyclic) bond motifs is 1. The zero-order valence-corrected chi connectivity index (χ0v) is 23.6. The normalized spacial score (nSPS) is 27.7. The fourth-order valence-electron chi connectivity index (χ4n) is 7.19. The maximum atomic E-state index is 13.0. The third-order valence-electron chi connectivity index (χ3n) is 9.44. The van der Waals surface area contributed by atoms with Gasteiger partial charge in [0.1, 0.15) is 5.60 Å². The number of alkyl halides is 3. The van der Waals surface area contributed by atoms with E-state index in [2.05, 4.69) is 20.5 Å². The second-order valence-electron chi connectivity index (χ2n) is 11.8. The predicted molar refractivity (Wildman–Crippen MR) is 150 cm³/mol. The van der Waals surface area contributed by atoms with Crippen molar-refractivity contribution in [2.45, 2.75) is 68.4 Å².